The van der Waals surface area contributed by atoms with Crippen molar-refractivity contribution in [2.75, 3.05) is 13.1 Å². The minimum Gasteiger partial charge on any atom is -0.460 e. The van der Waals surface area contributed by atoms with E-state index in [1.807, 2.05) is 13.0 Å². The lowest BCUT2D eigenvalue weighted by Crippen LogP contribution is -2.71. The predicted octanol–water partition coefficient (Wildman–Crippen LogP) is 4.41. The number of amides is 2. The van der Waals surface area contributed by atoms with Crippen LogP contribution in [0.2, 0.25) is 0 Å². The third-order valence-electron chi connectivity index (χ3n) is 5.61. The molecule has 2 N–H and O–H groups in total. The highest BCUT2D eigenvalue weighted by Gasteiger charge is 2.49. The summed E-state index contributed by atoms with van der Waals surface area (Å²) in [7, 11) is 0. The summed E-state index contributed by atoms with van der Waals surface area (Å²) >= 11 is 0. The zero-order chi connectivity index (χ0) is 24.4. The van der Waals surface area contributed by atoms with Gasteiger partial charge in [0.15, 0.2) is 0 Å². The number of hydrogen-bond donors (Lipinski definition) is 2. The topological polar surface area (TPSA) is 88.1 Å². The van der Waals surface area contributed by atoms with Gasteiger partial charge in [0.25, 0.3) is 5.91 Å². The SMILES string of the molecule is CCCC(F)Oc1cccc2cc(C(=O)N[C@@H](C)C3(O)CN(C(=O)OC(C)(C)C)C3)ccc12. The van der Waals surface area contributed by atoms with Crippen LogP contribution in [0.25, 0.3) is 10.8 Å². The quantitative estimate of drug-likeness (QED) is 0.639. The Kier molecular flexibility index (Phi) is 7.17. The smallest absolute Gasteiger partial charge is 0.410 e. The van der Waals surface area contributed by atoms with Gasteiger partial charge in [0.2, 0.25) is 6.36 Å². The molecule has 2 atom stereocenters. The molecule has 0 bridgehead atoms. The molecule has 0 aliphatic carbocycles. The molecule has 8 heteroatoms. The maximum absolute atomic E-state index is 13.9. The number of alkyl halides is 1. The Balaban J connectivity index is 1.64. The van der Waals surface area contributed by atoms with Crippen LogP contribution in [0.1, 0.15) is 57.8 Å². The summed E-state index contributed by atoms with van der Waals surface area (Å²) in [5.41, 5.74) is -1.45. The van der Waals surface area contributed by atoms with Gasteiger partial charge >= 0.3 is 6.09 Å². The number of carbonyl (C=O) groups is 2. The van der Waals surface area contributed by atoms with E-state index in [0.717, 1.165) is 5.39 Å². The zero-order valence-electron chi connectivity index (χ0n) is 19.9. The van der Waals surface area contributed by atoms with E-state index >= 15 is 0 Å². The fourth-order valence-electron chi connectivity index (χ4n) is 3.68. The van der Waals surface area contributed by atoms with Crippen molar-refractivity contribution in [1.29, 1.82) is 0 Å². The number of likely N-dealkylation sites (tertiary alicyclic amines) is 1. The Morgan fingerprint density at radius 3 is 2.58 bits per heavy atom. The molecule has 7 nitrogen and oxygen atoms in total. The molecule has 0 spiro atoms. The van der Waals surface area contributed by atoms with Crippen LogP contribution in [0.4, 0.5) is 9.18 Å². The van der Waals surface area contributed by atoms with E-state index in [1.54, 1.807) is 58.0 Å². The molecule has 33 heavy (non-hydrogen) atoms. The standard InChI is InChI=1S/C25H33FN2O5/c1-6-8-21(26)32-20-10-7-9-17-13-18(11-12-19(17)20)22(29)27-16(2)25(31)14-28(15-25)23(30)33-24(3,4)5/h7,9-13,16,21,31H,6,8,14-15H2,1-5H3,(H,27,29)/t16-,21?/m0/s1. The lowest BCUT2D eigenvalue weighted by atomic mass is 9.87. The summed E-state index contributed by atoms with van der Waals surface area (Å²) < 4.78 is 24.7. The number of nitrogens with zero attached hydrogens (tertiary/aromatic N) is 1. The van der Waals surface area contributed by atoms with Crippen LogP contribution in [0, 0.1) is 0 Å². The monoisotopic (exact) mass is 460 g/mol. The molecule has 0 aromatic heterocycles. The number of ether oxygens (including phenoxy) is 2. The van der Waals surface area contributed by atoms with Gasteiger partial charge in [-0.05, 0) is 63.8 Å². The summed E-state index contributed by atoms with van der Waals surface area (Å²) in [6, 6.07) is 9.77. The molecule has 2 aromatic rings. The van der Waals surface area contributed by atoms with E-state index in [2.05, 4.69) is 5.32 Å². The molecule has 1 heterocycles. The van der Waals surface area contributed by atoms with E-state index in [4.69, 9.17) is 9.47 Å². The van der Waals surface area contributed by atoms with Crippen LogP contribution in [0.5, 0.6) is 5.75 Å². The van der Waals surface area contributed by atoms with Gasteiger partial charge in [-0.25, -0.2) is 9.18 Å². The van der Waals surface area contributed by atoms with E-state index in [1.165, 1.54) is 4.90 Å². The highest BCUT2D eigenvalue weighted by Crippen LogP contribution is 2.29. The van der Waals surface area contributed by atoms with Crippen LogP contribution in [-0.4, -0.2) is 58.7 Å². The van der Waals surface area contributed by atoms with E-state index in [0.29, 0.717) is 29.5 Å². The van der Waals surface area contributed by atoms with Gasteiger partial charge in [0, 0.05) is 17.4 Å². The van der Waals surface area contributed by atoms with Crippen molar-refractivity contribution in [3.8, 4) is 5.75 Å². The molecule has 1 fully saturated rings. The average molecular weight is 461 g/mol. The maximum atomic E-state index is 13.9. The number of β-amino-alcohol motifs (C(OH)–C–C–N with tert-alkyl or cyclic N) is 1. The second kappa shape index (κ2) is 9.55. The number of fused-ring (bicyclic) bond motifs is 1. The zero-order valence-corrected chi connectivity index (χ0v) is 19.9. The molecular weight excluding hydrogens is 427 g/mol. The number of aliphatic hydroxyl groups is 1. The second-order valence-electron chi connectivity index (χ2n) is 9.64. The van der Waals surface area contributed by atoms with Crippen LogP contribution in [0.15, 0.2) is 36.4 Å². The van der Waals surface area contributed by atoms with Crippen molar-refractivity contribution in [2.24, 2.45) is 0 Å². The Hall–Kier alpha value is -2.87. The number of rotatable bonds is 7. The van der Waals surface area contributed by atoms with Crippen molar-refractivity contribution in [3.63, 3.8) is 0 Å². The van der Waals surface area contributed by atoms with Crippen molar-refractivity contribution < 1.29 is 28.6 Å². The van der Waals surface area contributed by atoms with Gasteiger partial charge in [-0.15, -0.1) is 0 Å². The Morgan fingerprint density at radius 2 is 1.94 bits per heavy atom. The summed E-state index contributed by atoms with van der Waals surface area (Å²) in [5.74, 6) is 0.0778. The minimum absolute atomic E-state index is 0.0733. The minimum atomic E-state index is -1.38. The number of carbonyl (C=O) groups excluding carboxylic acids is 2. The van der Waals surface area contributed by atoms with Gasteiger partial charge in [-0.3, -0.25) is 4.79 Å². The van der Waals surface area contributed by atoms with Gasteiger partial charge in [-0.2, -0.15) is 0 Å². The normalized spacial score (nSPS) is 17.1. The maximum Gasteiger partial charge on any atom is 0.410 e. The largest absolute Gasteiger partial charge is 0.460 e. The van der Waals surface area contributed by atoms with E-state index < -0.39 is 29.7 Å². The number of nitrogens with one attached hydrogen (secondary N) is 1. The third-order valence-corrected chi connectivity index (χ3v) is 5.61. The highest BCUT2D eigenvalue weighted by molar-refractivity contribution is 6.00. The second-order valence-corrected chi connectivity index (χ2v) is 9.64. The molecule has 3 rings (SSSR count). The van der Waals surface area contributed by atoms with Crippen LogP contribution < -0.4 is 10.1 Å². The average Bonchev–Trinajstić information content (AvgIpc) is 2.70. The molecule has 0 radical (unpaired) electrons. The lowest BCUT2D eigenvalue weighted by Gasteiger charge is -2.49. The summed E-state index contributed by atoms with van der Waals surface area (Å²) in [4.78, 5) is 26.3. The van der Waals surface area contributed by atoms with Crippen LogP contribution in [-0.2, 0) is 4.74 Å². The van der Waals surface area contributed by atoms with Crippen LogP contribution in [0.3, 0.4) is 0 Å². The van der Waals surface area contributed by atoms with Crippen LogP contribution >= 0.6 is 0 Å². The number of halogens is 1. The van der Waals surface area contributed by atoms with E-state index in [-0.39, 0.29) is 19.0 Å². The first-order valence-electron chi connectivity index (χ1n) is 11.3. The summed E-state index contributed by atoms with van der Waals surface area (Å²) in [6.45, 7) is 9.07. The predicted molar refractivity (Wildman–Crippen MR) is 124 cm³/mol. The van der Waals surface area contributed by atoms with Gasteiger partial charge in [0.1, 0.15) is 17.0 Å². The summed E-state index contributed by atoms with van der Waals surface area (Å²) in [6.07, 6.45) is -0.889. The first-order chi connectivity index (χ1) is 15.4. The fraction of sp³-hybridized carbons (Fsp3) is 0.520. The highest BCUT2D eigenvalue weighted by atomic mass is 19.1. The van der Waals surface area contributed by atoms with Gasteiger partial charge in [0.05, 0.1) is 19.1 Å². The third kappa shape index (κ3) is 5.93. The Bertz CT molecular complexity index is 1010. The molecule has 1 aliphatic heterocycles. The van der Waals surface area contributed by atoms with E-state index in [9.17, 15) is 19.1 Å². The van der Waals surface area contributed by atoms with Crippen molar-refractivity contribution in [1.82, 2.24) is 10.2 Å². The molecule has 1 unspecified atom stereocenters. The Morgan fingerprint density at radius 1 is 1.24 bits per heavy atom. The molecule has 1 saturated heterocycles. The first-order valence-corrected chi connectivity index (χ1v) is 11.3. The van der Waals surface area contributed by atoms with Crippen molar-refractivity contribution in [2.45, 2.75) is 71.1 Å². The van der Waals surface area contributed by atoms with Crippen molar-refractivity contribution in [3.05, 3.63) is 42.0 Å². The number of hydrogen-bond acceptors (Lipinski definition) is 5. The molecule has 0 saturated carbocycles. The molecule has 1 aliphatic rings. The molecular formula is C25H33FN2O5. The number of benzene rings is 2. The van der Waals surface area contributed by atoms with Gasteiger partial charge < -0.3 is 24.8 Å². The Labute approximate surface area is 193 Å². The lowest BCUT2D eigenvalue weighted by molar-refractivity contribution is -0.113. The molecule has 2 aromatic carbocycles. The van der Waals surface area contributed by atoms with Crippen molar-refractivity contribution >= 4 is 22.8 Å². The first kappa shape index (κ1) is 24.8. The molecule has 2 amide bonds. The molecule has 180 valence electrons. The summed E-state index contributed by atoms with van der Waals surface area (Å²) in [5, 5.41) is 15.1. The fourth-order valence-corrected chi connectivity index (χ4v) is 3.68. The van der Waals surface area contributed by atoms with Gasteiger partial charge in [-0.1, -0.05) is 19.1 Å².